The largest absolute Gasteiger partial charge is 0.461 e. The summed E-state index contributed by atoms with van der Waals surface area (Å²) in [5, 5.41) is 40.8. The van der Waals surface area contributed by atoms with Gasteiger partial charge in [-0.3, -0.25) is 0 Å². The second-order valence-corrected chi connectivity index (χ2v) is 12.0. The Morgan fingerprint density at radius 2 is 1.50 bits per heavy atom. The van der Waals surface area contributed by atoms with Crippen molar-refractivity contribution >= 4 is 5.97 Å². The van der Waals surface area contributed by atoms with Gasteiger partial charge in [-0.25, -0.2) is 4.79 Å². The van der Waals surface area contributed by atoms with Crippen molar-refractivity contribution in [2.45, 2.75) is 115 Å². The molecule has 0 spiro atoms. The molecule has 3 saturated heterocycles. The van der Waals surface area contributed by atoms with Gasteiger partial charge in [0.05, 0.1) is 12.2 Å². The van der Waals surface area contributed by atoms with Gasteiger partial charge in [-0.2, -0.15) is 0 Å². The van der Waals surface area contributed by atoms with E-state index in [0.29, 0.717) is 47.4 Å². The second-order valence-electron chi connectivity index (χ2n) is 12.0. The molecule has 3 aliphatic rings. The molecule has 0 radical (unpaired) electrons. The lowest BCUT2D eigenvalue weighted by molar-refractivity contribution is -0.277. The predicted molar refractivity (Wildman–Crippen MR) is 150 cm³/mol. The zero-order valence-electron chi connectivity index (χ0n) is 24.2. The zero-order valence-corrected chi connectivity index (χ0v) is 24.2. The number of ether oxygens (including phenoxy) is 3. The van der Waals surface area contributed by atoms with Gasteiger partial charge in [0.15, 0.2) is 0 Å². The standard InChI is InChI=1S/C31H45NO8/c1-17(2)6-8-19-12-21(30(37)38-24-14-22-10-11-23(15-24)32(22)5)13-20(9-7-18(3)4)29(19)40-31-28(36)27(35)26(34)25(16-33)39-31/h6-7,12-13,22-28,31,33-36H,8-11,14-16H2,1-5H3/t22?,23?,24?,25-,26-,27+,28-,31+/m1/s1. The van der Waals surface area contributed by atoms with Crippen LogP contribution in [0.25, 0.3) is 0 Å². The lowest BCUT2D eigenvalue weighted by Crippen LogP contribution is -2.60. The molecule has 222 valence electrons. The van der Waals surface area contributed by atoms with Crippen LogP contribution in [0.1, 0.15) is 74.9 Å². The Hall–Kier alpha value is -2.27. The van der Waals surface area contributed by atoms with Gasteiger partial charge in [-0.05, 0) is 83.7 Å². The van der Waals surface area contributed by atoms with Crippen LogP contribution < -0.4 is 4.74 Å². The minimum atomic E-state index is -1.56. The van der Waals surface area contributed by atoms with Crippen LogP contribution in [0.5, 0.6) is 5.75 Å². The van der Waals surface area contributed by atoms with Crippen LogP contribution in [-0.4, -0.2) is 93.8 Å². The van der Waals surface area contributed by atoms with E-state index in [1.54, 1.807) is 12.1 Å². The highest BCUT2D eigenvalue weighted by Crippen LogP contribution is 2.37. The van der Waals surface area contributed by atoms with Crippen molar-refractivity contribution in [3.8, 4) is 5.75 Å². The van der Waals surface area contributed by atoms with Crippen molar-refractivity contribution in [1.29, 1.82) is 0 Å². The molecule has 7 atom stereocenters. The van der Waals surface area contributed by atoms with E-state index in [-0.39, 0.29) is 12.1 Å². The quantitative estimate of drug-likeness (QED) is 0.267. The predicted octanol–water partition coefficient (Wildman–Crippen LogP) is 2.66. The fraction of sp³-hybridized carbons (Fsp3) is 0.645. The van der Waals surface area contributed by atoms with Crippen LogP contribution >= 0.6 is 0 Å². The van der Waals surface area contributed by atoms with Gasteiger partial charge in [-0.1, -0.05) is 23.3 Å². The first-order valence-corrected chi connectivity index (χ1v) is 14.3. The summed E-state index contributed by atoms with van der Waals surface area (Å²) in [7, 11) is 2.15. The van der Waals surface area contributed by atoms with Crippen molar-refractivity contribution in [3.63, 3.8) is 0 Å². The number of piperidine rings is 1. The van der Waals surface area contributed by atoms with Gasteiger partial charge in [0.25, 0.3) is 0 Å². The SMILES string of the molecule is CC(C)=CCc1cc(C(=O)OC2CC3CCC(C2)N3C)cc(CC=C(C)C)c1O[C@@H]1O[C@H](CO)[C@@H](O)[C@H](O)[C@H]1O. The summed E-state index contributed by atoms with van der Waals surface area (Å²) in [6.45, 7) is 7.37. The van der Waals surface area contributed by atoms with Gasteiger partial charge in [0.2, 0.25) is 6.29 Å². The number of allylic oxidation sites excluding steroid dienone is 4. The number of aliphatic hydroxyl groups excluding tert-OH is 4. The Morgan fingerprint density at radius 3 is 2.00 bits per heavy atom. The third-order valence-corrected chi connectivity index (χ3v) is 8.35. The molecule has 4 N–H and O–H groups in total. The molecule has 0 aliphatic carbocycles. The van der Waals surface area contributed by atoms with Gasteiger partial charge < -0.3 is 39.5 Å². The molecule has 40 heavy (non-hydrogen) atoms. The van der Waals surface area contributed by atoms with E-state index < -0.39 is 37.3 Å². The zero-order chi connectivity index (χ0) is 29.1. The maximum Gasteiger partial charge on any atom is 0.338 e. The number of fused-ring (bicyclic) bond motifs is 2. The highest BCUT2D eigenvalue weighted by atomic mass is 16.7. The first-order chi connectivity index (χ1) is 19.0. The van der Waals surface area contributed by atoms with Gasteiger partial charge in [0.1, 0.15) is 36.3 Å². The number of hydrogen-bond acceptors (Lipinski definition) is 9. The molecule has 1 aromatic carbocycles. The van der Waals surface area contributed by atoms with Crippen LogP contribution in [0.4, 0.5) is 0 Å². The molecule has 4 rings (SSSR count). The number of rotatable bonds is 9. The van der Waals surface area contributed by atoms with Crippen LogP contribution in [0, 0.1) is 0 Å². The normalized spacial score (nSPS) is 31.9. The summed E-state index contributed by atoms with van der Waals surface area (Å²) in [5.41, 5.74) is 4.00. The van der Waals surface area contributed by atoms with Crippen molar-refractivity contribution in [3.05, 3.63) is 52.1 Å². The first-order valence-electron chi connectivity index (χ1n) is 14.3. The molecule has 0 amide bonds. The van der Waals surface area contributed by atoms with E-state index >= 15 is 0 Å². The van der Waals surface area contributed by atoms with Crippen LogP contribution in [-0.2, 0) is 22.3 Å². The fourth-order valence-electron chi connectivity index (χ4n) is 5.91. The minimum Gasteiger partial charge on any atom is -0.461 e. The topological polar surface area (TPSA) is 129 Å². The third kappa shape index (κ3) is 6.95. The fourth-order valence-corrected chi connectivity index (χ4v) is 5.91. The summed E-state index contributed by atoms with van der Waals surface area (Å²) in [5.74, 6) is 0.0541. The van der Waals surface area contributed by atoms with Crippen molar-refractivity contribution in [2.24, 2.45) is 0 Å². The molecule has 2 bridgehead atoms. The average Bonchev–Trinajstić information content (AvgIpc) is 3.10. The highest BCUT2D eigenvalue weighted by Gasteiger charge is 2.45. The molecule has 3 fully saturated rings. The second kappa shape index (κ2) is 13.1. The maximum atomic E-state index is 13.5. The van der Waals surface area contributed by atoms with E-state index in [4.69, 9.17) is 14.2 Å². The lowest BCUT2D eigenvalue weighted by atomic mass is 9.97. The Balaban J connectivity index is 1.67. The van der Waals surface area contributed by atoms with E-state index in [9.17, 15) is 25.2 Å². The highest BCUT2D eigenvalue weighted by molar-refractivity contribution is 5.90. The molecule has 0 aromatic heterocycles. The van der Waals surface area contributed by atoms with Gasteiger partial charge in [0, 0.05) is 24.9 Å². The average molecular weight is 560 g/mol. The molecule has 1 aromatic rings. The van der Waals surface area contributed by atoms with Crippen molar-refractivity contribution < 1.29 is 39.4 Å². The Labute approximate surface area is 237 Å². The maximum absolute atomic E-state index is 13.5. The smallest absolute Gasteiger partial charge is 0.338 e. The molecule has 3 aliphatic heterocycles. The van der Waals surface area contributed by atoms with Crippen LogP contribution in [0.2, 0.25) is 0 Å². The van der Waals surface area contributed by atoms with Crippen molar-refractivity contribution in [1.82, 2.24) is 4.90 Å². The molecule has 0 saturated carbocycles. The summed E-state index contributed by atoms with van der Waals surface area (Å²) in [4.78, 5) is 15.9. The first kappa shape index (κ1) is 30.7. The van der Waals surface area contributed by atoms with E-state index in [1.165, 1.54) is 0 Å². The van der Waals surface area contributed by atoms with Crippen LogP contribution in [0.3, 0.4) is 0 Å². The summed E-state index contributed by atoms with van der Waals surface area (Å²) in [6.07, 6.45) is 1.77. The monoisotopic (exact) mass is 559 g/mol. The number of hydrogen-bond donors (Lipinski definition) is 4. The van der Waals surface area contributed by atoms with E-state index in [1.807, 2.05) is 39.8 Å². The molecule has 9 nitrogen and oxygen atoms in total. The Bertz CT molecular complexity index is 1050. The lowest BCUT2D eigenvalue weighted by Gasteiger charge is -2.40. The molecular weight excluding hydrogens is 514 g/mol. The summed E-state index contributed by atoms with van der Waals surface area (Å²) >= 11 is 0. The van der Waals surface area contributed by atoms with Gasteiger partial charge >= 0.3 is 5.97 Å². The Morgan fingerprint density at radius 1 is 0.950 bits per heavy atom. The number of aliphatic hydroxyl groups is 4. The summed E-state index contributed by atoms with van der Waals surface area (Å²) < 4.78 is 17.9. The third-order valence-electron chi connectivity index (χ3n) is 8.35. The van der Waals surface area contributed by atoms with Crippen molar-refractivity contribution in [2.75, 3.05) is 13.7 Å². The number of carbonyl (C=O) groups is 1. The minimum absolute atomic E-state index is 0.117. The molecule has 3 heterocycles. The van der Waals surface area contributed by atoms with E-state index in [0.717, 1.165) is 36.8 Å². The number of esters is 1. The number of nitrogens with zero attached hydrogens (tertiary/aromatic N) is 1. The van der Waals surface area contributed by atoms with Crippen LogP contribution in [0.15, 0.2) is 35.4 Å². The molecule has 9 heteroatoms. The molecular formula is C31H45NO8. The Kier molecular flexibility index (Phi) is 10.1. The molecule has 2 unspecified atom stereocenters. The summed E-state index contributed by atoms with van der Waals surface area (Å²) in [6, 6.07) is 4.42. The van der Waals surface area contributed by atoms with E-state index in [2.05, 4.69) is 11.9 Å². The van der Waals surface area contributed by atoms with Gasteiger partial charge in [-0.15, -0.1) is 0 Å². The number of benzene rings is 1. The number of carbonyl (C=O) groups excluding carboxylic acids is 1.